The van der Waals surface area contributed by atoms with Gasteiger partial charge >= 0.3 is 0 Å². The summed E-state index contributed by atoms with van der Waals surface area (Å²) in [6, 6.07) is 0. The summed E-state index contributed by atoms with van der Waals surface area (Å²) in [7, 11) is 0. The molecule has 0 heterocycles. The van der Waals surface area contributed by atoms with Crippen LogP contribution in [0.1, 0.15) is 45.4 Å². The van der Waals surface area contributed by atoms with Crippen molar-refractivity contribution < 1.29 is 0 Å². The highest BCUT2D eigenvalue weighted by Gasteiger charge is 2.35. The first kappa shape index (κ1) is 7.39. The van der Waals surface area contributed by atoms with Gasteiger partial charge in [0.25, 0.3) is 0 Å². The van der Waals surface area contributed by atoms with E-state index >= 15 is 0 Å². The van der Waals surface area contributed by atoms with Gasteiger partial charge in [0.15, 0.2) is 0 Å². The summed E-state index contributed by atoms with van der Waals surface area (Å²) in [5, 5.41) is 0. The van der Waals surface area contributed by atoms with E-state index in [0.29, 0.717) is 5.41 Å². The highest BCUT2D eigenvalue weighted by molar-refractivity contribution is 5.03. The van der Waals surface area contributed by atoms with Crippen molar-refractivity contribution in [3.63, 3.8) is 0 Å². The second kappa shape index (κ2) is 2.66. The average Bonchev–Trinajstić information content (AvgIpc) is 2.03. The number of hydrogen-bond donors (Lipinski definition) is 0. The first-order chi connectivity index (χ1) is 5.31. The van der Waals surface area contributed by atoms with Gasteiger partial charge in [0.05, 0.1) is 0 Å². The Morgan fingerprint density at radius 2 is 2.18 bits per heavy atom. The molecule has 0 bridgehead atoms. The molecule has 0 N–H and O–H groups in total. The summed E-state index contributed by atoms with van der Waals surface area (Å²) in [6.07, 6.45) is 13.5. The summed E-state index contributed by atoms with van der Waals surface area (Å²) < 4.78 is 0. The Balaban J connectivity index is 2.16. The Bertz CT molecular complexity index is 169. The van der Waals surface area contributed by atoms with Crippen molar-refractivity contribution in [2.24, 2.45) is 11.3 Å². The van der Waals surface area contributed by atoms with Crippen LogP contribution in [0.3, 0.4) is 0 Å². The molecule has 1 saturated carbocycles. The van der Waals surface area contributed by atoms with Crippen LogP contribution in [0.25, 0.3) is 0 Å². The fourth-order valence-corrected chi connectivity index (χ4v) is 2.74. The lowest BCUT2D eigenvalue weighted by molar-refractivity contribution is 0.132. The SMILES string of the molecule is C[C@]12CCC=CC1CCCC2. The fourth-order valence-electron chi connectivity index (χ4n) is 2.74. The van der Waals surface area contributed by atoms with Gasteiger partial charge in [0.1, 0.15) is 0 Å². The molecule has 0 aromatic rings. The van der Waals surface area contributed by atoms with Crippen molar-refractivity contribution in [3.05, 3.63) is 12.2 Å². The molecule has 2 aliphatic rings. The Morgan fingerprint density at radius 3 is 3.00 bits per heavy atom. The van der Waals surface area contributed by atoms with Crippen LogP contribution in [0.4, 0.5) is 0 Å². The molecule has 0 aromatic heterocycles. The van der Waals surface area contributed by atoms with Gasteiger partial charge in [-0.3, -0.25) is 0 Å². The molecule has 0 heteroatoms. The van der Waals surface area contributed by atoms with E-state index in [9.17, 15) is 0 Å². The van der Waals surface area contributed by atoms with Gasteiger partial charge in [-0.25, -0.2) is 0 Å². The molecule has 11 heavy (non-hydrogen) atoms. The summed E-state index contributed by atoms with van der Waals surface area (Å²) in [5.41, 5.74) is 0.688. The van der Waals surface area contributed by atoms with E-state index in [1.807, 2.05) is 0 Å². The summed E-state index contributed by atoms with van der Waals surface area (Å²) in [6.45, 7) is 2.49. The second-order valence-corrected chi connectivity index (χ2v) is 4.47. The molecule has 0 saturated heterocycles. The molecule has 0 spiro atoms. The zero-order valence-corrected chi connectivity index (χ0v) is 7.47. The van der Waals surface area contributed by atoms with Crippen LogP contribution in [0.15, 0.2) is 12.2 Å². The fraction of sp³-hybridized carbons (Fsp3) is 0.818. The van der Waals surface area contributed by atoms with Crippen LogP contribution in [-0.2, 0) is 0 Å². The third kappa shape index (κ3) is 1.23. The van der Waals surface area contributed by atoms with E-state index in [2.05, 4.69) is 19.1 Å². The van der Waals surface area contributed by atoms with Crippen LogP contribution < -0.4 is 0 Å². The van der Waals surface area contributed by atoms with E-state index in [1.54, 1.807) is 0 Å². The molecule has 2 aliphatic carbocycles. The van der Waals surface area contributed by atoms with Gasteiger partial charge in [0.2, 0.25) is 0 Å². The maximum Gasteiger partial charge on any atom is -0.0179 e. The third-order valence-electron chi connectivity index (χ3n) is 3.66. The topological polar surface area (TPSA) is 0 Å². The van der Waals surface area contributed by atoms with Crippen molar-refractivity contribution >= 4 is 0 Å². The lowest BCUT2D eigenvalue weighted by atomic mass is 9.63. The highest BCUT2D eigenvalue weighted by Crippen LogP contribution is 2.47. The normalized spacial score (nSPS) is 43.5. The predicted octanol–water partition coefficient (Wildman–Crippen LogP) is 3.53. The quantitative estimate of drug-likeness (QED) is 0.463. The van der Waals surface area contributed by atoms with Gasteiger partial charge in [-0.1, -0.05) is 31.9 Å². The van der Waals surface area contributed by atoms with Gasteiger partial charge < -0.3 is 0 Å². The third-order valence-corrected chi connectivity index (χ3v) is 3.66. The molecule has 1 fully saturated rings. The molecule has 1 unspecified atom stereocenters. The minimum Gasteiger partial charge on any atom is -0.0882 e. The molecule has 0 radical (unpaired) electrons. The van der Waals surface area contributed by atoms with Crippen LogP contribution in [0.2, 0.25) is 0 Å². The Labute approximate surface area is 69.7 Å². The molecule has 0 nitrogen and oxygen atoms in total. The molecular weight excluding hydrogens is 132 g/mol. The van der Waals surface area contributed by atoms with E-state index < -0.39 is 0 Å². The molecule has 2 rings (SSSR count). The monoisotopic (exact) mass is 150 g/mol. The Kier molecular flexibility index (Phi) is 1.78. The van der Waals surface area contributed by atoms with Crippen LogP contribution >= 0.6 is 0 Å². The van der Waals surface area contributed by atoms with Crippen LogP contribution in [0, 0.1) is 11.3 Å². The Hall–Kier alpha value is -0.260. The lowest BCUT2D eigenvalue weighted by Gasteiger charge is -2.42. The molecule has 62 valence electrons. The molecule has 2 atom stereocenters. The van der Waals surface area contributed by atoms with Crippen molar-refractivity contribution in [3.8, 4) is 0 Å². The zero-order valence-electron chi connectivity index (χ0n) is 7.47. The lowest BCUT2D eigenvalue weighted by Crippen LogP contribution is -2.31. The van der Waals surface area contributed by atoms with E-state index in [0.717, 1.165) is 5.92 Å². The van der Waals surface area contributed by atoms with Gasteiger partial charge in [-0.05, 0) is 37.0 Å². The number of hydrogen-bond acceptors (Lipinski definition) is 0. The largest absolute Gasteiger partial charge is 0.0882 e. The predicted molar refractivity (Wildman–Crippen MR) is 48.4 cm³/mol. The first-order valence-electron chi connectivity index (χ1n) is 4.98. The van der Waals surface area contributed by atoms with E-state index in [1.165, 1.54) is 38.5 Å². The summed E-state index contributed by atoms with van der Waals surface area (Å²) in [4.78, 5) is 0. The van der Waals surface area contributed by atoms with Crippen molar-refractivity contribution in [1.29, 1.82) is 0 Å². The maximum atomic E-state index is 2.49. The smallest absolute Gasteiger partial charge is 0.0179 e. The van der Waals surface area contributed by atoms with Crippen molar-refractivity contribution in [2.75, 3.05) is 0 Å². The van der Waals surface area contributed by atoms with Gasteiger partial charge in [0, 0.05) is 0 Å². The Morgan fingerprint density at radius 1 is 1.27 bits per heavy atom. The number of allylic oxidation sites excluding steroid dienone is 2. The van der Waals surface area contributed by atoms with Gasteiger partial charge in [-0.15, -0.1) is 0 Å². The second-order valence-electron chi connectivity index (χ2n) is 4.47. The van der Waals surface area contributed by atoms with Gasteiger partial charge in [-0.2, -0.15) is 0 Å². The molecule has 0 amide bonds. The van der Waals surface area contributed by atoms with E-state index in [4.69, 9.17) is 0 Å². The van der Waals surface area contributed by atoms with Crippen LogP contribution in [-0.4, -0.2) is 0 Å². The maximum absolute atomic E-state index is 2.49. The van der Waals surface area contributed by atoms with Crippen molar-refractivity contribution in [2.45, 2.75) is 45.4 Å². The molecular formula is C11H18. The molecule has 0 aliphatic heterocycles. The zero-order chi connectivity index (χ0) is 7.73. The first-order valence-corrected chi connectivity index (χ1v) is 4.98. The standard InChI is InChI=1S/C11H18/c1-11-8-4-2-6-10(11)7-3-5-9-11/h2,6,10H,3-5,7-9H2,1H3/t10?,11-/m1/s1. The highest BCUT2D eigenvalue weighted by atomic mass is 14.4. The minimum absolute atomic E-state index is 0.688. The van der Waals surface area contributed by atoms with Crippen LogP contribution in [0.5, 0.6) is 0 Å². The van der Waals surface area contributed by atoms with Crippen molar-refractivity contribution in [1.82, 2.24) is 0 Å². The minimum atomic E-state index is 0.688. The average molecular weight is 150 g/mol. The number of fused-ring (bicyclic) bond motifs is 1. The molecule has 0 aromatic carbocycles. The summed E-state index contributed by atoms with van der Waals surface area (Å²) >= 11 is 0. The number of rotatable bonds is 0. The summed E-state index contributed by atoms with van der Waals surface area (Å²) in [5.74, 6) is 0.921. The van der Waals surface area contributed by atoms with E-state index in [-0.39, 0.29) is 0 Å².